The van der Waals surface area contributed by atoms with Crippen molar-refractivity contribution in [1.29, 1.82) is 0 Å². The van der Waals surface area contributed by atoms with Gasteiger partial charge in [-0.1, -0.05) is 24.3 Å². The number of thiazole rings is 1. The molecule has 34 heavy (non-hydrogen) atoms. The van der Waals surface area contributed by atoms with Gasteiger partial charge in [-0.2, -0.15) is 0 Å². The first kappa shape index (κ1) is 23.6. The fraction of sp³-hybridized carbons (Fsp3) is 0.160. The Bertz CT molecular complexity index is 1410. The Hall–Kier alpha value is -3.56. The van der Waals surface area contributed by atoms with Crippen LogP contribution in [0.15, 0.2) is 77.7 Å². The maximum Gasteiger partial charge on any atom is 0.338 e. The van der Waals surface area contributed by atoms with E-state index in [-0.39, 0.29) is 10.5 Å². The summed E-state index contributed by atoms with van der Waals surface area (Å²) in [6.07, 6.45) is 0.740. The van der Waals surface area contributed by atoms with E-state index in [9.17, 15) is 18.0 Å². The number of carbonyl (C=O) groups is 2. The predicted octanol–water partition coefficient (Wildman–Crippen LogP) is 4.47. The fourth-order valence-electron chi connectivity index (χ4n) is 3.24. The van der Waals surface area contributed by atoms with Crippen molar-refractivity contribution >= 4 is 49.0 Å². The monoisotopic (exact) mass is 494 g/mol. The molecule has 1 atom stereocenters. The molecule has 0 saturated carbocycles. The first-order chi connectivity index (χ1) is 16.2. The zero-order chi connectivity index (χ0) is 24.3. The average Bonchev–Trinajstić information content (AvgIpc) is 3.22. The molecule has 174 valence electrons. The van der Waals surface area contributed by atoms with E-state index in [1.54, 1.807) is 23.5 Å². The number of hydrogen-bond donors (Lipinski definition) is 1. The fourth-order valence-corrected chi connectivity index (χ4v) is 4.87. The molecule has 7 nitrogen and oxygen atoms in total. The van der Waals surface area contributed by atoms with Crippen LogP contribution in [-0.2, 0) is 25.8 Å². The molecule has 0 bridgehead atoms. The van der Waals surface area contributed by atoms with Crippen molar-refractivity contribution < 1.29 is 22.7 Å². The van der Waals surface area contributed by atoms with Gasteiger partial charge < -0.3 is 10.1 Å². The third-order valence-corrected chi connectivity index (χ3v) is 7.25. The quantitative estimate of drug-likeness (QED) is 0.380. The van der Waals surface area contributed by atoms with Crippen LogP contribution in [0.2, 0.25) is 0 Å². The third-order valence-electron chi connectivity index (χ3n) is 5.09. The molecule has 0 fully saturated rings. The molecule has 0 saturated heterocycles. The van der Waals surface area contributed by atoms with Crippen molar-refractivity contribution in [2.75, 3.05) is 11.6 Å². The molecule has 4 aromatic rings. The van der Waals surface area contributed by atoms with Gasteiger partial charge in [0.25, 0.3) is 5.91 Å². The van der Waals surface area contributed by atoms with E-state index in [0.29, 0.717) is 12.1 Å². The van der Waals surface area contributed by atoms with Crippen LogP contribution in [0.1, 0.15) is 27.9 Å². The van der Waals surface area contributed by atoms with Gasteiger partial charge in [0, 0.05) is 18.4 Å². The Labute approximate surface area is 201 Å². The van der Waals surface area contributed by atoms with Gasteiger partial charge in [-0.3, -0.25) is 4.79 Å². The molecule has 9 heteroatoms. The lowest BCUT2D eigenvalue weighted by molar-refractivity contribution is -0.123. The van der Waals surface area contributed by atoms with Gasteiger partial charge in [-0.05, 0) is 61.0 Å². The van der Waals surface area contributed by atoms with E-state index in [0.717, 1.165) is 27.0 Å². The number of benzene rings is 3. The Kier molecular flexibility index (Phi) is 6.76. The summed E-state index contributed by atoms with van der Waals surface area (Å²) in [5.41, 5.74) is 2.79. The highest BCUT2D eigenvalue weighted by Gasteiger charge is 2.19. The molecule has 1 heterocycles. The van der Waals surface area contributed by atoms with E-state index in [4.69, 9.17) is 4.74 Å². The number of nitrogens with one attached hydrogen (secondary N) is 1. The van der Waals surface area contributed by atoms with Crippen molar-refractivity contribution in [3.63, 3.8) is 0 Å². The van der Waals surface area contributed by atoms with Gasteiger partial charge >= 0.3 is 5.97 Å². The maximum atomic E-state index is 12.5. The van der Waals surface area contributed by atoms with E-state index in [1.165, 1.54) is 31.2 Å². The molecule has 4 rings (SSSR count). The number of anilines is 1. The molecule has 0 aliphatic heterocycles. The first-order valence-corrected chi connectivity index (χ1v) is 13.2. The summed E-state index contributed by atoms with van der Waals surface area (Å²) in [6, 6.07) is 20.8. The summed E-state index contributed by atoms with van der Waals surface area (Å²) in [5.74, 6) is -1.19. The standard InChI is InChI=1S/C25H22N2O5S2/c1-16(32-25(29)18-9-13-20(14-10-18)34(2,30)31)24(28)26-19-11-7-17(8-12-19)15-23-27-21-5-3-4-6-22(21)33-23/h3-14,16H,15H2,1-2H3,(H,26,28). The minimum Gasteiger partial charge on any atom is -0.449 e. The van der Waals surface area contributed by atoms with Gasteiger partial charge in [0.15, 0.2) is 15.9 Å². The number of amides is 1. The number of sulfone groups is 1. The van der Waals surface area contributed by atoms with E-state index in [2.05, 4.69) is 10.3 Å². The average molecular weight is 495 g/mol. The SMILES string of the molecule is CC(OC(=O)c1ccc(S(C)(=O)=O)cc1)C(=O)Nc1ccc(Cc2nc3ccccc3s2)cc1. The third kappa shape index (κ3) is 5.67. The van der Waals surface area contributed by atoms with Gasteiger partial charge in [-0.15, -0.1) is 11.3 Å². The minimum absolute atomic E-state index is 0.0985. The van der Waals surface area contributed by atoms with Crippen molar-refractivity contribution in [3.05, 3.63) is 88.9 Å². The lowest BCUT2D eigenvalue weighted by atomic mass is 10.1. The van der Waals surface area contributed by atoms with Crippen LogP contribution in [0, 0.1) is 0 Å². The van der Waals surface area contributed by atoms with Gasteiger partial charge in [0.1, 0.15) is 0 Å². The van der Waals surface area contributed by atoms with Crippen LogP contribution in [-0.4, -0.2) is 37.6 Å². The molecular weight excluding hydrogens is 472 g/mol. The molecule has 0 aliphatic rings. The van der Waals surface area contributed by atoms with Crippen molar-refractivity contribution in [3.8, 4) is 0 Å². The van der Waals surface area contributed by atoms with Crippen LogP contribution < -0.4 is 5.32 Å². The lowest BCUT2D eigenvalue weighted by Crippen LogP contribution is -2.30. The summed E-state index contributed by atoms with van der Waals surface area (Å²) >= 11 is 1.66. The Morgan fingerprint density at radius 1 is 1.00 bits per heavy atom. The van der Waals surface area contributed by atoms with Gasteiger partial charge in [-0.25, -0.2) is 18.2 Å². The number of carbonyl (C=O) groups excluding carboxylic acids is 2. The van der Waals surface area contributed by atoms with Crippen LogP contribution >= 0.6 is 11.3 Å². The maximum absolute atomic E-state index is 12.5. The van der Waals surface area contributed by atoms with Crippen LogP contribution in [0.5, 0.6) is 0 Å². The summed E-state index contributed by atoms with van der Waals surface area (Å²) in [7, 11) is -3.36. The van der Waals surface area contributed by atoms with E-state index >= 15 is 0 Å². The number of rotatable bonds is 7. The Morgan fingerprint density at radius 2 is 1.68 bits per heavy atom. The summed E-state index contributed by atoms with van der Waals surface area (Å²) in [6.45, 7) is 1.47. The second-order valence-corrected chi connectivity index (χ2v) is 10.9. The number of fused-ring (bicyclic) bond motifs is 1. The molecule has 1 N–H and O–H groups in total. The normalized spacial score (nSPS) is 12.3. The molecule has 1 amide bonds. The first-order valence-electron chi connectivity index (χ1n) is 10.4. The second kappa shape index (κ2) is 9.74. The minimum atomic E-state index is -3.36. The molecule has 1 aromatic heterocycles. The van der Waals surface area contributed by atoms with Crippen LogP contribution in [0.25, 0.3) is 10.2 Å². The van der Waals surface area contributed by atoms with Gasteiger partial charge in [0.2, 0.25) is 0 Å². The topological polar surface area (TPSA) is 102 Å². The highest BCUT2D eigenvalue weighted by Crippen LogP contribution is 2.24. The summed E-state index contributed by atoms with van der Waals surface area (Å²) in [4.78, 5) is 29.5. The Morgan fingerprint density at radius 3 is 2.32 bits per heavy atom. The van der Waals surface area contributed by atoms with Crippen LogP contribution in [0.4, 0.5) is 5.69 Å². The largest absolute Gasteiger partial charge is 0.449 e. The smallest absolute Gasteiger partial charge is 0.338 e. The highest BCUT2D eigenvalue weighted by molar-refractivity contribution is 7.90. The van der Waals surface area contributed by atoms with E-state index < -0.39 is 27.8 Å². The molecule has 0 aliphatic carbocycles. The zero-order valence-electron chi connectivity index (χ0n) is 18.5. The van der Waals surface area contributed by atoms with Crippen molar-refractivity contribution in [2.45, 2.75) is 24.3 Å². The summed E-state index contributed by atoms with van der Waals surface area (Å²) < 4.78 is 29.4. The number of esters is 1. The van der Waals surface area contributed by atoms with Crippen molar-refractivity contribution in [1.82, 2.24) is 4.98 Å². The van der Waals surface area contributed by atoms with Gasteiger partial charge in [0.05, 0.1) is 25.7 Å². The van der Waals surface area contributed by atoms with E-state index in [1.807, 2.05) is 36.4 Å². The number of para-hydroxylation sites is 1. The molecule has 1 unspecified atom stereocenters. The van der Waals surface area contributed by atoms with Crippen LogP contribution in [0.3, 0.4) is 0 Å². The summed E-state index contributed by atoms with van der Waals surface area (Å²) in [5, 5.41) is 3.75. The predicted molar refractivity (Wildman–Crippen MR) is 132 cm³/mol. The second-order valence-electron chi connectivity index (χ2n) is 7.78. The zero-order valence-corrected chi connectivity index (χ0v) is 20.2. The van der Waals surface area contributed by atoms with Crippen molar-refractivity contribution in [2.24, 2.45) is 0 Å². The molecule has 0 radical (unpaired) electrons. The number of ether oxygens (including phenoxy) is 1. The number of nitrogens with zero attached hydrogens (tertiary/aromatic N) is 1. The lowest BCUT2D eigenvalue weighted by Gasteiger charge is -2.14. The molecular formula is C25H22N2O5S2. The molecule has 0 spiro atoms. The molecule has 3 aromatic carbocycles. The number of aromatic nitrogens is 1. The highest BCUT2D eigenvalue weighted by atomic mass is 32.2. The Balaban J connectivity index is 1.33. The number of hydrogen-bond acceptors (Lipinski definition) is 7.